The van der Waals surface area contributed by atoms with Crippen LogP contribution in [-0.4, -0.2) is 15.8 Å². The van der Waals surface area contributed by atoms with Gasteiger partial charge in [0.2, 0.25) is 0 Å². The number of carbonyl (C=O) groups excluding carboxylic acids is 1. The smallest absolute Gasteiger partial charge is 0.160 e. The van der Waals surface area contributed by atoms with Crippen molar-refractivity contribution in [1.29, 1.82) is 0 Å². The minimum Gasteiger partial charge on any atom is -0.294 e. The number of carbonyl (C=O) groups is 1. The molecule has 2 rings (SSSR count). The van der Waals surface area contributed by atoms with Gasteiger partial charge < -0.3 is 0 Å². The van der Waals surface area contributed by atoms with Gasteiger partial charge in [-0.2, -0.15) is 0 Å². The molecule has 0 aliphatic carbocycles. The lowest BCUT2D eigenvalue weighted by molar-refractivity contribution is 0.101. The Bertz CT molecular complexity index is 535. The molecule has 0 aliphatic rings. The van der Waals surface area contributed by atoms with Crippen LogP contribution >= 0.6 is 0 Å². The summed E-state index contributed by atoms with van der Waals surface area (Å²) in [6, 6.07) is 9.22. The molecule has 0 saturated heterocycles. The normalized spacial score (nSPS) is 10.1. The van der Waals surface area contributed by atoms with E-state index >= 15 is 0 Å². The van der Waals surface area contributed by atoms with Gasteiger partial charge in [0.1, 0.15) is 0 Å². The second-order valence-corrected chi connectivity index (χ2v) is 3.62. The third kappa shape index (κ3) is 1.98. The molecule has 0 fully saturated rings. The molecule has 3 heteroatoms. The zero-order valence-corrected chi connectivity index (χ0v) is 9.27. The number of Topliss-reactive ketones (excluding diaryl/α,β-unsaturated/α-hetero) is 1. The van der Waals surface area contributed by atoms with Crippen LogP contribution in [0.2, 0.25) is 0 Å². The first kappa shape index (κ1) is 10.5. The number of hydrogen-bond donors (Lipinski definition) is 0. The van der Waals surface area contributed by atoms with E-state index in [0.717, 1.165) is 11.3 Å². The van der Waals surface area contributed by atoms with E-state index in [1.807, 2.05) is 31.2 Å². The quantitative estimate of drug-likeness (QED) is 0.719. The topological polar surface area (TPSA) is 42.9 Å². The lowest BCUT2D eigenvalue weighted by Gasteiger charge is -2.05. The van der Waals surface area contributed by atoms with Crippen LogP contribution in [0, 0.1) is 6.92 Å². The fraction of sp³-hybridized carbons (Fsp3) is 0.154. The van der Waals surface area contributed by atoms with E-state index in [2.05, 4.69) is 9.97 Å². The van der Waals surface area contributed by atoms with E-state index in [0.29, 0.717) is 11.4 Å². The van der Waals surface area contributed by atoms with Gasteiger partial charge in [0.25, 0.3) is 0 Å². The average molecular weight is 212 g/mol. The summed E-state index contributed by atoms with van der Waals surface area (Å²) in [5, 5.41) is 0. The van der Waals surface area contributed by atoms with Gasteiger partial charge in [-0.3, -0.25) is 4.79 Å². The molecule has 0 N–H and O–H groups in total. The van der Waals surface area contributed by atoms with Gasteiger partial charge in [0, 0.05) is 23.0 Å². The van der Waals surface area contributed by atoms with Gasteiger partial charge in [0.15, 0.2) is 11.6 Å². The molecular formula is C13H12N2O. The molecule has 0 spiro atoms. The summed E-state index contributed by atoms with van der Waals surface area (Å²) in [6.45, 7) is 3.45. The van der Waals surface area contributed by atoms with Gasteiger partial charge in [-0.25, -0.2) is 9.97 Å². The first-order chi connectivity index (χ1) is 7.68. The van der Waals surface area contributed by atoms with Crippen molar-refractivity contribution in [2.75, 3.05) is 0 Å². The predicted octanol–water partition coefficient (Wildman–Crippen LogP) is 2.65. The SMILES string of the molecule is CC(=O)c1ccccc1-c1nccc(C)n1. The van der Waals surface area contributed by atoms with Crippen molar-refractivity contribution in [3.8, 4) is 11.4 Å². The summed E-state index contributed by atoms with van der Waals surface area (Å²) >= 11 is 0. The maximum absolute atomic E-state index is 11.5. The molecular weight excluding hydrogens is 200 g/mol. The largest absolute Gasteiger partial charge is 0.294 e. The molecule has 0 aliphatic heterocycles. The number of rotatable bonds is 2. The van der Waals surface area contributed by atoms with Crippen molar-refractivity contribution in [1.82, 2.24) is 9.97 Å². The summed E-state index contributed by atoms with van der Waals surface area (Å²) in [5.41, 5.74) is 2.34. The molecule has 0 amide bonds. The highest BCUT2D eigenvalue weighted by Gasteiger charge is 2.10. The van der Waals surface area contributed by atoms with Crippen LogP contribution in [0.25, 0.3) is 11.4 Å². The highest BCUT2D eigenvalue weighted by molar-refractivity contribution is 5.99. The summed E-state index contributed by atoms with van der Waals surface area (Å²) in [7, 11) is 0. The lowest BCUT2D eigenvalue weighted by atomic mass is 10.0. The second-order valence-electron chi connectivity index (χ2n) is 3.62. The van der Waals surface area contributed by atoms with Gasteiger partial charge >= 0.3 is 0 Å². The van der Waals surface area contributed by atoms with Crippen molar-refractivity contribution in [2.45, 2.75) is 13.8 Å². The number of hydrogen-bond acceptors (Lipinski definition) is 3. The third-order valence-corrected chi connectivity index (χ3v) is 2.34. The Morgan fingerprint density at radius 3 is 2.62 bits per heavy atom. The van der Waals surface area contributed by atoms with Gasteiger partial charge in [-0.05, 0) is 19.9 Å². The van der Waals surface area contributed by atoms with Crippen molar-refractivity contribution in [3.05, 3.63) is 47.8 Å². The summed E-state index contributed by atoms with van der Waals surface area (Å²) < 4.78 is 0. The Hall–Kier alpha value is -2.03. The number of aromatic nitrogens is 2. The Morgan fingerprint density at radius 2 is 1.94 bits per heavy atom. The van der Waals surface area contributed by atoms with Crippen molar-refractivity contribution in [2.24, 2.45) is 0 Å². The van der Waals surface area contributed by atoms with Crippen LogP contribution < -0.4 is 0 Å². The molecule has 0 saturated carbocycles. The molecule has 3 nitrogen and oxygen atoms in total. The molecule has 0 bridgehead atoms. The van der Waals surface area contributed by atoms with Gasteiger partial charge in [-0.15, -0.1) is 0 Å². The molecule has 1 heterocycles. The zero-order chi connectivity index (χ0) is 11.5. The van der Waals surface area contributed by atoms with Crippen LogP contribution in [0.4, 0.5) is 0 Å². The minimum atomic E-state index is 0.0284. The maximum atomic E-state index is 11.5. The molecule has 80 valence electrons. The van der Waals surface area contributed by atoms with E-state index in [-0.39, 0.29) is 5.78 Å². The van der Waals surface area contributed by atoms with Crippen molar-refractivity contribution >= 4 is 5.78 Å². The van der Waals surface area contributed by atoms with E-state index in [1.54, 1.807) is 19.2 Å². The molecule has 0 atom stereocenters. The number of aryl methyl sites for hydroxylation is 1. The molecule has 1 aromatic heterocycles. The fourth-order valence-corrected chi connectivity index (χ4v) is 1.56. The first-order valence-electron chi connectivity index (χ1n) is 5.08. The zero-order valence-electron chi connectivity index (χ0n) is 9.27. The van der Waals surface area contributed by atoms with Gasteiger partial charge in [-0.1, -0.05) is 24.3 Å². The van der Waals surface area contributed by atoms with E-state index < -0.39 is 0 Å². The summed E-state index contributed by atoms with van der Waals surface area (Å²) in [4.78, 5) is 20.0. The van der Waals surface area contributed by atoms with Crippen LogP contribution in [0.3, 0.4) is 0 Å². The molecule has 0 unspecified atom stereocenters. The van der Waals surface area contributed by atoms with Crippen LogP contribution in [0.15, 0.2) is 36.5 Å². The highest BCUT2D eigenvalue weighted by Crippen LogP contribution is 2.20. The Kier molecular flexibility index (Phi) is 2.77. The molecule has 2 aromatic rings. The Labute approximate surface area is 94.2 Å². The summed E-state index contributed by atoms with van der Waals surface area (Å²) in [5.74, 6) is 0.631. The minimum absolute atomic E-state index is 0.0284. The van der Waals surface area contributed by atoms with E-state index in [4.69, 9.17) is 0 Å². The van der Waals surface area contributed by atoms with Gasteiger partial charge in [0.05, 0.1) is 0 Å². The number of ketones is 1. The Morgan fingerprint density at radius 1 is 1.19 bits per heavy atom. The second kappa shape index (κ2) is 4.23. The van der Waals surface area contributed by atoms with Crippen LogP contribution in [0.1, 0.15) is 23.0 Å². The van der Waals surface area contributed by atoms with Crippen molar-refractivity contribution in [3.63, 3.8) is 0 Å². The molecule has 0 radical (unpaired) electrons. The third-order valence-electron chi connectivity index (χ3n) is 2.34. The number of nitrogens with zero attached hydrogens (tertiary/aromatic N) is 2. The average Bonchev–Trinajstić information content (AvgIpc) is 2.29. The number of benzene rings is 1. The standard InChI is InChI=1S/C13H12N2O/c1-9-7-8-14-13(15-9)12-6-4-3-5-11(12)10(2)16/h3-8H,1-2H3. The van der Waals surface area contributed by atoms with Crippen LogP contribution in [0.5, 0.6) is 0 Å². The Balaban J connectivity index is 2.60. The highest BCUT2D eigenvalue weighted by atomic mass is 16.1. The monoisotopic (exact) mass is 212 g/mol. The van der Waals surface area contributed by atoms with E-state index in [9.17, 15) is 4.79 Å². The lowest BCUT2D eigenvalue weighted by Crippen LogP contribution is -1.99. The molecule has 16 heavy (non-hydrogen) atoms. The molecule has 1 aromatic carbocycles. The summed E-state index contributed by atoms with van der Waals surface area (Å²) in [6.07, 6.45) is 1.70. The predicted molar refractivity (Wildman–Crippen MR) is 62.2 cm³/mol. The fourth-order valence-electron chi connectivity index (χ4n) is 1.56. The van der Waals surface area contributed by atoms with E-state index in [1.165, 1.54) is 0 Å². The maximum Gasteiger partial charge on any atom is 0.160 e. The van der Waals surface area contributed by atoms with Crippen molar-refractivity contribution < 1.29 is 4.79 Å². The van der Waals surface area contributed by atoms with Crippen LogP contribution in [-0.2, 0) is 0 Å². The first-order valence-corrected chi connectivity index (χ1v) is 5.08.